The number of carboxylic acid groups (broad SMARTS) is 1. The first kappa shape index (κ1) is 15.3. The maximum Gasteiger partial charge on any atom is 0.306 e. The summed E-state index contributed by atoms with van der Waals surface area (Å²) < 4.78 is 0.855. The molecular weight excluding hydrogens is 312 g/mol. The van der Waals surface area contributed by atoms with E-state index in [-0.39, 0.29) is 5.56 Å². The average molecular weight is 326 g/mol. The smallest absolute Gasteiger partial charge is 0.306 e. The van der Waals surface area contributed by atoms with Crippen LogP contribution in [-0.4, -0.2) is 21.0 Å². The van der Waals surface area contributed by atoms with Gasteiger partial charge in [-0.2, -0.15) is 4.98 Å². The van der Waals surface area contributed by atoms with Crippen LogP contribution in [0.5, 0.6) is 0 Å². The number of hydrogen-bond donors (Lipinski definition) is 1. The van der Waals surface area contributed by atoms with Crippen LogP contribution in [0.4, 0.5) is 0 Å². The van der Waals surface area contributed by atoms with E-state index >= 15 is 0 Å². The number of benzene rings is 1. The summed E-state index contributed by atoms with van der Waals surface area (Å²) >= 11 is 1.40. The standard InChI is InChI=1S/C17H14N2O3S/c1-10(17(21)22)9-11-5-4-7-13(18-11)16-19-15(20)12-6-2-3-8-14(12)23-16/h2-8,10H,9H2,1H3,(H,21,22). The molecule has 0 saturated heterocycles. The van der Waals surface area contributed by atoms with Gasteiger partial charge in [0.25, 0.3) is 5.56 Å². The highest BCUT2D eigenvalue weighted by atomic mass is 32.1. The molecular formula is C17H14N2O3S. The first-order chi connectivity index (χ1) is 11.0. The van der Waals surface area contributed by atoms with Crippen LogP contribution >= 0.6 is 11.3 Å². The normalized spacial score (nSPS) is 12.2. The minimum absolute atomic E-state index is 0.277. The summed E-state index contributed by atoms with van der Waals surface area (Å²) in [6.07, 6.45) is 0.339. The van der Waals surface area contributed by atoms with E-state index in [0.717, 1.165) is 4.70 Å². The quantitative estimate of drug-likeness (QED) is 0.797. The van der Waals surface area contributed by atoms with Crippen molar-refractivity contribution in [3.8, 4) is 10.7 Å². The Hall–Kier alpha value is -2.60. The van der Waals surface area contributed by atoms with Crippen LogP contribution in [0.15, 0.2) is 47.3 Å². The molecule has 0 aliphatic heterocycles. The molecule has 0 aliphatic carbocycles. The molecule has 1 unspecified atom stereocenters. The van der Waals surface area contributed by atoms with Crippen LogP contribution in [0.25, 0.3) is 20.8 Å². The van der Waals surface area contributed by atoms with E-state index < -0.39 is 11.9 Å². The molecule has 1 atom stereocenters. The van der Waals surface area contributed by atoms with Gasteiger partial charge in [0, 0.05) is 16.8 Å². The molecule has 2 aromatic heterocycles. The number of carboxylic acids is 1. The highest BCUT2D eigenvalue weighted by Gasteiger charge is 2.14. The Kier molecular flexibility index (Phi) is 4.16. The van der Waals surface area contributed by atoms with Gasteiger partial charge in [-0.1, -0.05) is 25.1 Å². The Balaban J connectivity index is 2.02. The van der Waals surface area contributed by atoms with Gasteiger partial charge >= 0.3 is 5.97 Å². The number of aromatic nitrogens is 2. The lowest BCUT2D eigenvalue weighted by Gasteiger charge is -2.07. The second-order valence-corrected chi connectivity index (χ2v) is 6.31. The average Bonchev–Trinajstić information content (AvgIpc) is 2.55. The predicted molar refractivity (Wildman–Crippen MR) is 89.6 cm³/mol. The molecule has 3 aromatic rings. The fourth-order valence-corrected chi connectivity index (χ4v) is 3.20. The molecule has 3 rings (SSSR count). The summed E-state index contributed by atoms with van der Waals surface area (Å²) in [5.41, 5.74) is 0.986. The maximum atomic E-state index is 12.1. The third-order valence-corrected chi connectivity index (χ3v) is 4.56. The van der Waals surface area contributed by atoms with Crippen molar-refractivity contribution in [3.05, 3.63) is 58.5 Å². The van der Waals surface area contributed by atoms with Gasteiger partial charge in [0.05, 0.1) is 17.0 Å². The number of pyridine rings is 1. The van der Waals surface area contributed by atoms with Crippen LogP contribution in [0.3, 0.4) is 0 Å². The molecule has 0 saturated carbocycles. The summed E-state index contributed by atoms with van der Waals surface area (Å²) in [7, 11) is 0. The van der Waals surface area contributed by atoms with E-state index in [1.807, 2.05) is 18.2 Å². The summed E-state index contributed by atoms with van der Waals surface area (Å²) in [6, 6.07) is 12.7. The Morgan fingerprint density at radius 2 is 1.96 bits per heavy atom. The van der Waals surface area contributed by atoms with Gasteiger partial charge in [0.2, 0.25) is 0 Å². The molecule has 5 nitrogen and oxygen atoms in total. The number of nitrogens with zero attached hydrogens (tertiary/aromatic N) is 2. The van der Waals surface area contributed by atoms with Gasteiger partial charge in [-0.25, -0.2) is 0 Å². The maximum absolute atomic E-state index is 12.1. The summed E-state index contributed by atoms with van der Waals surface area (Å²) in [5, 5.41) is 10.1. The van der Waals surface area contributed by atoms with E-state index in [1.165, 1.54) is 11.3 Å². The van der Waals surface area contributed by atoms with Crippen molar-refractivity contribution in [2.24, 2.45) is 5.92 Å². The lowest BCUT2D eigenvalue weighted by Crippen LogP contribution is -2.13. The molecule has 0 bridgehead atoms. The first-order valence-corrected chi connectivity index (χ1v) is 7.95. The molecule has 1 aromatic carbocycles. The topological polar surface area (TPSA) is 80.2 Å². The second kappa shape index (κ2) is 6.26. The summed E-state index contributed by atoms with van der Waals surface area (Å²) in [5.74, 6) is -1.37. The molecule has 6 heteroatoms. The molecule has 0 radical (unpaired) electrons. The molecule has 0 spiro atoms. The van der Waals surface area contributed by atoms with Crippen LogP contribution in [0.2, 0.25) is 0 Å². The zero-order chi connectivity index (χ0) is 16.4. The molecule has 0 fully saturated rings. The van der Waals surface area contributed by atoms with Crippen LogP contribution in [-0.2, 0) is 11.2 Å². The van der Waals surface area contributed by atoms with E-state index in [2.05, 4.69) is 9.97 Å². The highest BCUT2D eigenvalue weighted by molar-refractivity contribution is 7.21. The summed E-state index contributed by atoms with van der Waals surface area (Å²) in [4.78, 5) is 31.7. The van der Waals surface area contributed by atoms with Crippen molar-refractivity contribution in [1.82, 2.24) is 9.97 Å². The monoisotopic (exact) mass is 326 g/mol. The van der Waals surface area contributed by atoms with Crippen molar-refractivity contribution in [1.29, 1.82) is 0 Å². The number of aliphatic carboxylic acids is 1. The van der Waals surface area contributed by atoms with Crippen LogP contribution < -0.4 is 5.56 Å². The molecule has 1 N–H and O–H groups in total. The molecule has 0 aliphatic rings. The number of rotatable bonds is 4. The van der Waals surface area contributed by atoms with Gasteiger partial charge in [-0.05, 0) is 24.3 Å². The van der Waals surface area contributed by atoms with Crippen molar-refractivity contribution < 1.29 is 9.90 Å². The largest absolute Gasteiger partial charge is 0.481 e. The SMILES string of the molecule is CC(Cc1cccc(-c2nc(=O)c3ccccc3s2)n1)C(=O)O. The van der Waals surface area contributed by atoms with Crippen molar-refractivity contribution in [2.45, 2.75) is 13.3 Å². The molecule has 2 heterocycles. The first-order valence-electron chi connectivity index (χ1n) is 7.13. The highest BCUT2D eigenvalue weighted by Crippen LogP contribution is 2.25. The van der Waals surface area contributed by atoms with Crippen LogP contribution in [0.1, 0.15) is 12.6 Å². The Morgan fingerprint density at radius 3 is 2.74 bits per heavy atom. The molecule has 23 heavy (non-hydrogen) atoms. The molecule has 0 amide bonds. The van der Waals surface area contributed by atoms with Gasteiger partial charge in [-0.15, -0.1) is 11.3 Å². The van der Waals surface area contributed by atoms with Gasteiger partial charge in [0.15, 0.2) is 0 Å². The van der Waals surface area contributed by atoms with E-state index in [4.69, 9.17) is 5.11 Å². The third kappa shape index (κ3) is 3.27. The lowest BCUT2D eigenvalue weighted by molar-refractivity contribution is -0.141. The minimum Gasteiger partial charge on any atom is -0.481 e. The van der Waals surface area contributed by atoms with Crippen LogP contribution in [0, 0.1) is 5.92 Å². The Bertz CT molecular complexity index is 936. The van der Waals surface area contributed by atoms with Crippen molar-refractivity contribution in [2.75, 3.05) is 0 Å². The van der Waals surface area contributed by atoms with E-state index in [9.17, 15) is 9.59 Å². The predicted octanol–water partition coefficient (Wildman–Crippen LogP) is 2.98. The number of carbonyl (C=O) groups is 1. The zero-order valence-electron chi connectivity index (χ0n) is 12.4. The number of hydrogen-bond acceptors (Lipinski definition) is 5. The van der Waals surface area contributed by atoms with Crippen molar-refractivity contribution >= 4 is 27.4 Å². The number of fused-ring (bicyclic) bond motifs is 1. The zero-order valence-corrected chi connectivity index (χ0v) is 13.2. The fraction of sp³-hybridized carbons (Fsp3) is 0.176. The fourth-order valence-electron chi connectivity index (χ4n) is 2.23. The summed E-state index contributed by atoms with van der Waals surface area (Å²) in [6.45, 7) is 1.64. The minimum atomic E-state index is -0.856. The Labute approximate surface area is 136 Å². The van der Waals surface area contributed by atoms with Gasteiger partial charge in [-0.3, -0.25) is 14.6 Å². The van der Waals surface area contributed by atoms with Gasteiger partial charge < -0.3 is 5.11 Å². The van der Waals surface area contributed by atoms with Gasteiger partial charge in [0.1, 0.15) is 5.01 Å². The van der Waals surface area contributed by atoms with Crippen molar-refractivity contribution in [3.63, 3.8) is 0 Å². The van der Waals surface area contributed by atoms with E-state index in [0.29, 0.717) is 28.2 Å². The van der Waals surface area contributed by atoms with E-state index in [1.54, 1.807) is 31.2 Å². The Morgan fingerprint density at radius 1 is 1.17 bits per heavy atom. The third-order valence-electron chi connectivity index (χ3n) is 3.49. The molecule has 116 valence electrons. The lowest BCUT2D eigenvalue weighted by atomic mass is 10.1. The second-order valence-electron chi connectivity index (χ2n) is 5.28.